The number of anilines is 1. The lowest BCUT2D eigenvalue weighted by Crippen LogP contribution is -2.08. The molecule has 0 radical (unpaired) electrons. The number of aliphatic hydroxyl groups excluding tert-OH is 1. The molecule has 0 spiro atoms. The van der Waals surface area contributed by atoms with Crippen LogP contribution in [0.2, 0.25) is 0 Å². The van der Waals surface area contributed by atoms with Crippen molar-refractivity contribution in [1.82, 2.24) is 0 Å². The lowest BCUT2D eigenvalue weighted by Gasteiger charge is -2.01. The van der Waals surface area contributed by atoms with Crippen LogP contribution in [0.3, 0.4) is 0 Å². The summed E-state index contributed by atoms with van der Waals surface area (Å²) in [7, 11) is 0. The molecule has 2 heterocycles. The molecule has 0 atom stereocenters. The molecule has 6 heteroatoms. The van der Waals surface area contributed by atoms with Gasteiger partial charge in [0.05, 0.1) is 11.1 Å². The first-order valence-electron chi connectivity index (χ1n) is 4.28. The first-order chi connectivity index (χ1) is 7.22. The summed E-state index contributed by atoms with van der Waals surface area (Å²) in [6.45, 7) is 0.290. The average molecular weight is 274 g/mol. The third-order valence-electron chi connectivity index (χ3n) is 1.81. The van der Waals surface area contributed by atoms with Gasteiger partial charge in [-0.2, -0.15) is 0 Å². The van der Waals surface area contributed by atoms with Gasteiger partial charge in [-0.25, -0.2) is 0 Å². The van der Waals surface area contributed by atoms with Crippen LogP contribution in [0.1, 0.15) is 0 Å². The molecule has 2 rings (SSSR count). The molecule has 15 heavy (non-hydrogen) atoms. The molecule has 0 saturated heterocycles. The molecule has 0 aliphatic heterocycles. The van der Waals surface area contributed by atoms with E-state index in [0.717, 1.165) is 0 Å². The molecule has 0 fully saturated rings. The fourth-order valence-electron chi connectivity index (χ4n) is 1.18. The van der Waals surface area contributed by atoms with E-state index in [1.54, 1.807) is 0 Å². The molecule has 0 unspecified atom stereocenters. The second-order valence-electron chi connectivity index (χ2n) is 2.87. The maximum absolute atomic E-state index is 11.5. The van der Waals surface area contributed by atoms with E-state index in [1.807, 2.05) is 0 Å². The van der Waals surface area contributed by atoms with Gasteiger partial charge in [-0.15, -0.1) is 0 Å². The van der Waals surface area contributed by atoms with Gasteiger partial charge in [-0.3, -0.25) is 4.79 Å². The predicted molar refractivity (Wildman–Crippen MR) is 58.0 cm³/mol. The largest absolute Gasteiger partial charge is 0.456 e. The van der Waals surface area contributed by atoms with E-state index in [2.05, 4.69) is 21.2 Å². The van der Waals surface area contributed by atoms with Gasteiger partial charge in [0.2, 0.25) is 11.0 Å². The molecular formula is C9H8BrNO4. The Morgan fingerprint density at radius 1 is 1.47 bits per heavy atom. The van der Waals surface area contributed by atoms with E-state index in [1.165, 1.54) is 12.3 Å². The Labute approximate surface area is 92.8 Å². The molecular weight excluding hydrogens is 266 g/mol. The van der Waals surface area contributed by atoms with E-state index in [4.69, 9.17) is 13.9 Å². The van der Waals surface area contributed by atoms with Gasteiger partial charge in [-0.05, 0) is 15.9 Å². The van der Waals surface area contributed by atoms with Crippen LogP contribution in [0.15, 0.2) is 30.4 Å². The van der Waals surface area contributed by atoms with Crippen molar-refractivity contribution in [3.8, 4) is 0 Å². The molecule has 0 bridgehead atoms. The Bertz CT molecular complexity index is 530. The van der Waals surface area contributed by atoms with Crippen molar-refractivity contribution in [3.63, 3.8) is 0 Å². The lowest BCUT2D eigenvalue weighted by molar-refractivity contribution is 0.310. The number of fused-ring (bicyclic) bond motifs is 1. The van der Waals surface area contributed by atoms with E-state index in [-0.39, 0.29) is 17.6 Å². The van der Waals surface area contributed by atoms with Crippen molar-refractivity contribution in [1.29, 1.82) is 0 Å². The number of furan rings is 1. The van der Waals surface area contributed by atoms with Crippen molar-refractivity contribution in [2.75, 3.05) is 18.5 Å². The molecule has 2 aromatic rings. The lowest BCUT2D eigenvalue weighted by atomic mass is 10.4. The van der Waals surface area contributed by atoms with Crippen LogP contribution >= 0.6 is 15.9 Å². The first kappa shape index (κ1) is 10.3. The van der Waals surface area contributed by atoms with Crippen molar-refractivity contribution in [3.05, 3.63) is 27.0 Å². The number of halogens is 1. The summed E-state index contributed by atoms with van der Waals surface area (Å²) < 4.78 is 10.9. The van der Waals surface area contributed by atoms with Gasteiger partial charge in [0, 0.05) is 12.6 Å². The highest BCUT2D eigenvalue weighted by Gasteiger charge is 2.11. The standard InChI is InChI=1S/C9H8BrNO4/c10-5-4-14-9-6(13)3-7(11-1-2-12)15-8(5)9/h3-4,11-12H,1-2H2. The summed E-state index contributed by atoms with van der Waals surface area (Å²) in [6, 6.07) is 1.29. The molecule has 0 aliphatic rings. The summed E-state index contributed by atoms with van der Waals surface area (Å²) >= 11 is 3.20. The third-order valence-corrected chi connectivity index (χ3v) is 2.36. The van der Waals surface area contributed by atoms with Gasteiger partial charge in [0.15, 0.2) is 11.5 Å². The molecule has 5 nitrogen and oxygen atoms in total. The van der Waals surface area contributed by atoms with Crippen LogP contribution in [0.4, 0.5) is 5.88 Å². The number of nitrogens with one attached hydrogen (secondary N) is 1. The van der Waals surface area contributed by atoms with Crippen LogP contribution in [-0.2, 0) is 0 Å². The van der Waals surface area contributed by atoms with Gasteiger partial charge < -0.3 is 19.3 Å². The van der Waals surface area contributed by atoms with Crippen LogP contribution < -0.4 is 10.7 Å². The Morgan fingerprint density at radius 3 is 3.00 bits per heavy atom. The monoisotopic (exact) mass is 273 g/mol. The fraction of sp³-hybridized carbons (Fsp3) is 0.222. The van der Waals surface area contributed by atoms with E-state index in [0.29, 0.717) is 22.5 Å². The Morgan fingerprint density at radius 2 is 2.27 bits per heavy atom. The van der Waals surface area contributed by atoms with Gasteiger partial charge in [0.1, 0.15) is 6.26 Å². The van der Waals surface area contributed by atoms with Crippen molar-refractivity contribution < 1.29 is 13.9 Å². The molecule has 0 saturated carbocycles. The van der Waals surface area contributed by atoms with E-state index >= 15 is 0 Å². The Kier molecular flexibility index (Phi) is 2.79. The summed E-state index contributed by atoms with van der Waals surface area (Å²) in [5, 5.41) is 11.4. The number of aliphatic hydroxyl groups is 1. The maximum atomic E-state index is 11.5. The predicted octanol–water partition coefficient (Wildman–Crippen LogP) is 1.55. The number of hydrogen-bond donors (Lipinski definition) is 2. The van der Waals surface area contributed by atoms with Crippen molar-refractivity contribution >= 4 is 33.0 Å². The highest BCUT2D eigenvalue weighted by molar-refractivity contribution is 9.10. The number of rotatable bonds is 3. The quantitative estimate of drug-likeness (QED) is 0.888. The molecule has 2 N–H and O–H groups in total. The van der Waals surface area contributed by atoms with Crippen LogP contribution in [0, 0.1) is 0 Å². The van der Waals surface area contributed by atoms with Gasteiger partial charge in [0.25, 0.3) is 0 Å². The van der Waals surface area contributed by atoms with Crippen LogP contribution in [0.25, 0.3) is 11.2 Å². The summed E-state index contributed by atoms with van der Waals surface area (Å²) in [5.74, 6) is 0.309. The van der Waals surface area contributed by atoms with Crippen LogP contribution in [-0.4, -0.2) is 18.3 Å². The third kappa shape index (κ3) is 1.91. The maximum Gasteiger partial charge on any atom is 0.230 e. The van der Waals surface area contributed by atoms with Crippen molar-refractivity contribution in [2.45, 2.75) is 0 Å². The fourth-order valence-corrected chi connectivity index (χ4v) is 1.54. The Balaban J connectivity index is 2.50. The SMILES string of the molecule is O=c1cc(NCCO)oc2c(Br)coc12. The highest BCUT2D eigenvalue weighted by Crippen LogP contribution is 2.25. The van der Waals surface area contributed by atoms with Crippen molar-refractivity contribution in [2.24, 2.45) is 0 Å². The minimum absolute atomic E-state index is 0.0334. The summed E-state index contributed by atoms with van der Waals surface area (Å²) in [4.78, 5) is 11.5. The first-order valence-corrected chi connectivity index (χ1v) is 5.07. The molecule has 0 aromatic carbocycles. The average Bonchev–Trinajstić information content (AvgIpc) is 2.58. The molecule has 80 valence electrons. The second-order valence-corrected chi connectivity index (χ2v) is 3.72. The van der Waals surface area contributed by atoms with Gasteiger partial charge in [-0.1, -0.05) is 0 Å². The normalized spacial score (nSPS) is 10.8. The zero-order valence-electron chi connectivity index (χ0n) is 7.62. The minimum atomic E-state index is -0.262. The van der Waals surface area contributed by atoms with E-state index < -0.39 is 0 Å². The second kappa shape index (κ2) is 4.08. The summed E-state index contributed by atoms with van der Waals surface area (Å²) in [6.07, 6.45) is 1.39. The van der Waals surface area contributed by atoms with Gasteiger partial charge >= 0.3 is 0 Å². The molecule has 0 aliphatic carbocycles. The zero-order valence-corrected chi connectivity index (χ0v) is 9.20. The highest BCUT2D eigenvalue weighted by atomic mass is 79.9. The Hall–Kier alpha value is -1.27. The summed E-state index contributed by atoms with van der Waals surface area (Å²) in [5.41, 5.74) is 0.279. The smallest absolute Gasteiger partial charge is 0.230 e. The van der Waals surface area contributed by atoms with Crippen LogP contribution in [0.5, 0.6) is 0 Å². The number of hydrogen-bond acceptors (Lipinski definition) is 5. The minimum Gasteiger partial charge on any atom is -0.456 e. The zero-order chi connectivity index (χ0) is 10.8. The topological polar surface area (TPSA) is 75.6 Å². The molecule has 0 amide bonds. The molecule has 2 aromatic heterocycles. The van der Waals surface area contributed by atoms with E-state index in [9.17, 15) is 4.79 Å².